The molecule has 1 aliphatic carbocycles. The zero-order valence-electron chi connectivity index (χ0n) is 17.8. The zero-order chi connectivity index (χ0) is 21.5. The number of hydrogen-bond donors (Lipinski definition) is 1. The number of rotatable bonds is 4. The van der Waals surface area contributed by atoms with Crippen molar-refractivity contribution in [1.82, 2.24) is 9.78 Å². The molecule has 0 bridgehead atoms. The Morgan fingerprint density at radius 3 is 2.34 bits per heavy atom. The highest BCUT2D eigenvalue weighted by atomic mass is 32.1. The van der Waals surface area contributed by atoms with Crippen molar-refractivity contribution in [3.63, 3.8) is 0 Å². The van der Waals surface area contributed by atoms with Crippen LogP contribution in [0.4, 0.5) is 5.00 Å². The minimum atomic E-state index is -0.771. The topological polar surface area (TPSA) is 90.3 Å². The molecule has 0 saturated carbocycles. The minimum Gasteiger partial charge on any atom is -0.456 e. The van der Waals surface area contributed by atoms with E-state index in [4.69, 9.17) is 4.74 Å². The van der Waals surface area contributed by atoms with E-state index in [1.54, 1.807) is 46.3 Å². The largest absolute Gasteiger partial charge is 0.456 e. The van der Waals surface area contributed by atoms with E-state index in [2.05, 4.69) is 10.4 Å². The number of thiophene rings is 1. The summed E-state index contributed by atoms with van der Waals surface area (Å²) in [5.41, 5.74) is 2.10. The van der Waals surface area contributed by atoms with Gasteiger partial charge in [0.15, 0.2) is 0 Å². The van der Waals surface area contributed by atoms with Crippen LogP contribution in [0.2, 0.25) is 0 Å². The summed E-state index contributed by atoms with van der Waals surface area (Å²) in [6.07, 6.45) is 3.66. The van der Waals surface area contributed by atoms with E-state index in [0.717, 1.165) is 36.1 Å². The van der Waals surface area contributed by atoms with Crippen LogP contribution in [-0.2, 0) is 29.4 Å². The highest BCUT2D eigenvalue weighted by Crippen LogP contribution is 2.39. The molecule has 0 atom stereocenters. The first-order valence-electron chi connectivity index (χ1n) is 9.73. The van der Waals surface area contributed by atoms with Crippen LogP contribution >= 0.6 is 11.3 Å². The van der Waals surface area contributed by atoms with Crippen LogP contribution in [0.15, 0.2) is 0 Å². The molecule has 3 rings (SSSR count). The molecule has 0 unspecified atom stereocenters. The number of carbonyl (C=O) groups is 3. The number of nitrogens with zero attached hydrogens (tertiary/aromatic N) is 2. The number of carbonyl (C=O) groups excluding carboxylic acids is 3. The van der Waals surface area contributed by atoms with Crippen LogP contribution in [0.25, 0.3) is 0 Å². The smallest absolute Gasteiger partial charge is 0.341 e. The highest BCUT2D eigenvalue weighted by molar-refractivity contribution is 7.17. The number of esters is 1. The lowest BCUT2D eigenvalue weighted by atomic mass is 9.95. The molecule has 0 spiro atoms. The Labute approximate surface area is 174 Å². The molecule has 29 heavy (non-hydrogen) atoms. The van der Waals surface area contributed by atoms with Crippen molar-refractivity contribution in [1.29, 1.82) is 0 Å². The molecule has 156 valence electrons. The number of ketones is 1. The maximum Gasteiger partial charge on any atom is 0.341 e. The lowest BCUT2D eigenvalue weighted by Gasteiger charge is -2.21. The molecule has 8 heteroatoms. The molecular weight excluding hydrogens is 390 g/mol. The van der Waals surface area contributed by atoms with Crippen molar-refractivity contribution < 1.29 is 19.1 Å². The standard InChI is InChI=1S/C21H27N3O4S/c1-11-15(12(2)24(6)23-11)17(25)18(26)22-19-16(20(27)28-21(3,4)5)13-9-7-8-10-14(13)29-19/h7-10H2,1-6H3,(H,22,26). The van der Waals surface area contributed by atoms with Gasteiger partial charge in [0.1, 0.15) is 10.6 Å². The number of fused-ring (bicyclic) bond motifs is 1. The fraction of sp³-hybridized carbons (Fsp3) is 0.524. The molecule has 1 N–H and O–H groups in total. The van der Waals surface area contributed by atoms with Crippen LogP contribution < -0.4 is 5.32 Å². The van der Waals surface area contributed by atoms with Crippen LogP contribution in [0.3, 0.4) is 0 Å². The van der Waals surface area contributed by atoms with E-state index in [9.17, 15) is 14.4 Å². The van der Waals surface area contributed by atoms with Gasteiger partial charge in [0.2, 0.25) is 0 Å². The number of hydrogen-bond acceptors (Lipinski definition) is 6. The molecule has 2 aromatic heterocycles. The average molecular weight is 418 g/mol. The molecule has 0 fully saturated rings. The summed E-state index contributed by atoms with van der Waals surface area (Å²) in [5, 5.41) is 7.29. The Hall–Kier alpha value is -2.48. The van der Waals surface area contributed by atoms with E-state index in [-0.39, 0.29) is 0 Å². The summed E-state index contributed by atoms with van der Waals surface area (Å²) in [5.74, 6) is -1.89. The van der Waals surface area contributed by atoms with Gasteiger partial charge in [-0.1, -0.05) is 0 Å². The van der Waals surface area contributed by atoms with E-state index in [1.807, 2.05) is 0 Å². The predicted octanol–water partition coefficient (Wildman–Crippen LogP) is 3.75. The first-order valence-corrected chi connectivity index (χ1v) is 10.5. The molecule has 0 aromatic carbocycles. The normalized spacial score (nSPS) is 13.7. The molecule has 7 nitrogen and oxygen atoms in total. The highest BCUT2D eigenvalue weighted by Gasteiger charge is 2.31. The van der Waals surface area contributed by atoms with Crippen molar-refractivity contribution in [2.75, 3.05) is 5.32 Å². The second-order valence-electron chi connectivity index (χ2n) is 8.37. The van der Waals surface area contributed by atoms with Crippen LogP contribution in [-0.4, -0.2) is 33.0 Å². The minimum absolute atomic E-state index is 0.296. The molecule has 0 radical (unpaired) electrons. The van der Waals surface area contributed by atoms with Crippen molar-refractivity contribution >= 4 is 34.0 Å². The molecule has 1 aliphatic rings. The Bertz CT molecular complexity index is 995. The van der Waals surface area contributed by atoms with Gasteiger partial charge in [-0.3, -0.25) is 14.3 Å². The number of ether oxygens (including phenoxy) is 1. The van der Waals surface area contributed by atoms with Crippen molar-refractivity contribution in [2.45, 2.75) is 65.9 Å². The second kappa shape index (κ2) is 7.74. The Balaban J connectivity index is 1.94. The van der Waals surface area contributed by atoms with Crippen molar-refractivity contribution in [3.05, 3.63) is 33.0 Å². The third-order valence-corrected chi connectivity index (χ3v) is 6.15. The maximum absolute atomic E-state index is 12.9. The lowest BCUT2D eigenvalue weighted by molar-refractivity contribution is -0.112. The number of Topliss-reactive ketones (excluding diaryl/α,β-unsaturated/α-hetero) is 1. The van der Waals surface area contributed by atoms with Crippen LogP contribution in [0, 0.1) is 13.8 Å². The molecular formula is C21H27N3O4S. The first-order chi connectivity index (χ1) is 13.5. The van der Waals surface area contributed by atoms with Gasteiger partial charge in [0, 0.05) is 17.6 Å². The van der Waals surface area contributed by atoms with Gasteiger partial charge in [-0.05, 0) is 65.9 Å². The van der Waals surface area contributed by atoms with Gasteiger partial charge in [0.05, 0.1) is 16.8 Å². The summed E-state index contributed by atoms with van der Waals surface area (Å²) >= 11 is 1.36. The van der Waals surface area contributed by atoms with E-state index < -0.39 is 23.3 Å². The number of nitrogens with one attached hydrogen (secondary N) is 1. The van der Waals surface area contributed by atoms with Crippen LogP contribution in [0.1, 0.15) is 76.2 Å². The molecule has 1 amide bonds. The Morgan fingerprint density at radius 1 is 1.10 bits per heavy atom. The third-order valence-electron chi connectivity index (χ3n) is 4.94. The van der Waals surface area contributed by atoms with E-state index >= 15 is 0 Å². The summed E-state index contributed by atoms with van der Waals surface area (Å²) in [6.45, 7) is 8.86. The number of anilines is 1. The third kappa shape index (κ3) is 4.27. The SMILES string of the molecule is Cc1nn(C)c(C)c1C(=O)C(=O)Nc1sc2c(c1C(=O)OC(C)(C)C)CCCC2. The quantitative estimate of drug-likeness (QED) is 0.465. The first kappa shape index (κ1) is 21.2. The second-order valence-corrected chi connectivity index (χ2v) is 9.47. The van der Waals surface area contributed by atoms with Crippen LogP contribution in [0.5, 0.6) is 0 Å². The predicted molar refractivity (Wildman–Crippen MR) is 112 cm³/mol. The van der Waals surface area contributed by atoms with Crippen molar-refractivity contribution in [2.24, 2.45) is 7.05 Å². The molecule has 0 aliphatic heterocycles. The van der Waals surface area contributed by atoms with E-state index in [1.165, 1.54) is 11.3 Å². The summed E-state index contributed by atoms with van der Waals surface area (Å²) in [7, 11) is 1.73. The number of aromatic nitrogens is 2. The van der Waals surface area contributed by atoms with Gasteiger partial charge < -0.3 is 10.1 Å². The lowest BCUT2D eigenvalue weighted by Crippen LogP contribution is -2.27. The summed E-state index contributed by atoms with van der Waals surface area (Å²) in [4.78, 5) is 39.5. The Morgan fingerprint density at radius 2 is 1.76 bits per heavy atom. The van der Waals surface area contributed by atoms with Gasteiger partial charge >= 0.3 is 5.97 Å². The average Bonchev–Trinajstić information content (AvgIpc) is 3.09. The van der Waals surface area contributed by atoms with Gasteiger partial charge in [-0.2, -0.15) is 5.10 Å². The van der Waals surface area contributed by atoms with Crippen molar-refractivity contribution in [3.8, 4) is 0 Å². The molecule has 2 heterocycles. The summed E-state index contributed by atoms with van der Waals surface area (Å²) in [6, 6.07) is 0. The maximum atomic E-state index is 12.9. The molecule has 0 saturated heterocycles. The molecule has 2 aromatic rings. The fourth-order valence-corrected chi connectivity index (χ4v) is 4.85. The number of amides is 1. The zero-order valence-corrected chi connectivity index (χ0v) is 18.6. The summed E-state index contributed by atoms with van der Waals surface area (Å²) < 4.78 is 7.15. The number of aryl methyl sites for hydroxylation is 3. The van der Waals surface area contributed by atoms with E-state index in [0.29, 0.717) is 27.5 Å². The monoisotopic (exact) mass is 417 g/mol. The fourth-order valence-electron chi connectivity index (χ4n) is 3.57. The van der Waals surface area contributed by atoms with Gasteiger partial charge in [-0.15, -0.1) is 11.3 Å². The van der Waals surface area contributed by atoms with Gasteiger partial charge in [-0.25, -0.2) is 4.79 Å². The van der Waals surface area contributed by atoms with Gasteiger partial charge in [0.25, 0.3) is 11.7 Å². The Kier molecular flexibility index (Phi) is 5.67.